The summed E-state index contributed by atoms with van der Waals surface area (Å²) in [6.45, 7) is 6.72. The summed E-state index contributed by atoms with van der Waals surface area (Å²) in [6, 6.07) is 1.29. The quantitative estimate of drug-likeness (QED) is 0.705. The number of ether oxygens (including phenoxy) is 1. The van der Waals surface area contributed by atoms with E-state index in [1.54, 1.807) is 7.11 Å². The number of rotatable bonds is 7. The molecule has 2 aliphatic rings. The molecule has 1 saturated carbocycles. The SMILES string of the molecule is COCCN(CCN1CCC(N)CC1)C1CC1. The first kappa shape index (κ1) is 13.3. The molecule has 100 valence electrons. The van der Waals surface area contributed by atoms with Gasteiger partial charge >= 0.3 is 0 Å². The number of hydrogen-bond acceptors (Lipinski definition) is 4. The number of methoxy groups -OCH3 is 1. The summed E-state index contributed by atoms with van der Waals surface area (Å²) in [5.74, 6) is 0. The molecule has 4 heteroatoms. The summed E-state index contributed by atoms with van der Waals surface area (Å²) in [6.07, 6.45) is 5.10. The van der Waals surface area contributed by atoms with Crippen molar-refractivity contribution in [3.63, 3.8) is 0 Å². The third-order valence-electron chi connectivity index (χ3n) is 3.98. The van der Waals surface area contributed by atoms with Gasteiger partial charge < -0.3 is 15.4 Å². The lowest BCUT2D eigenvalue weighted by Crippen LogP contribution is -2.44. The van der Waals surface area contributed by atoms with Crippen LogP contribution >= 0.6 is 0 Å². The molecule has 2 fully saturated rings. The highest BCUT2D eigenvalue weighted by atomic mass is 16.5. The van der Waals surface area contributed by atoms with Gasteiger partial charge in [0.05, 0.1) is 6.61 Å². The van der Waals surface area contributed by atoms with Gasteiger partial charge in [0.1, 0.15) is 0 Å². The summed E-state index contributed by atoms with van der Waals surface area (Å²) in [4.78, 5) is 5.16. The van der Waals surface area contributed by atoms with E-state index in [0.29, 0.717) is 6.04 Å². The van der Waals surface area contributed by atoms with Gasteiger partial charge in [0.15, 0.2) is 0 Å². The Morgan fingerprint density at radius 2 is 1.88 bits per heavy atom. The lowest BCUT2D eigenvalue weighted by Gasteiger charge is -2.32. The largest absolute Gasteiger partial charge is 0.383 e. The van der Waals surface area contributed by atoms with Crippen molar-refractivity contribution in [1.29, 1.82) is 0 Å². The Labute approximate surface area is 105 Å². The Kier molecular flexibility index (Phi) is 5.22. The number of nitrogens with zero attached hydrogens (tertiary/aromatic N) is 2. The average molecular weight is 241 g/mol. The highest BCUT2D eigenvalue weighted by molar-refractivity contribution is 4.85. The molecule has 1 aliphatic heterocycles. The molecule has 0 spiro atoms. The molecule has 2 N–H and O–H groups in total. The zero-order chi connectivity index (χ0) is 12.1. The average Bonchev–Trinajstić information content (AvgIpc) is 3.16. The van der Waals surface area contributed by atoms with E-state index < -0.39 is 0 Å². The van der Waals surface area contributed by atoms with Crippen molar-refractivity contribution in [3.05, 3.63) is 0 Å². The van der Waals surface area contributed by atoms with E-state index in [0.717, 1.165) is 19.2 Å². The van der Waals surface area contributed by atoms with Crippen LogP contribution in [-0.4, -0.2) is 68.3 Å². The van der Waals surface area contributed by atoms with Crippen molar-refractivity contribution >= 4 is 0 Å². The lowest BCUT2D eigenvalue weighted by molar-refractivity contribution is 0.125. The maximum absolute atomic E-state index is 5.92. The number of likely N-dealkylation sites (tertiary alicyclic amines) is 1. The fourth-order valence-corrected chi connectivity index (χ4v) is 2.57. The number of nitrogens with two attached hydrogens (primary N) is 1. The first-order chi connectivity index (χ1) is 8.29. The van der Waals surface area contributed by atoms with Gasteiger partial charge in [-0.1, -0.05) is 0 Å². The molecule has 0 radical (unpaired) electrons. The van der Waals surface area contributed by atoms with E-state index in [9.17, 15) is 0 Å². The summed E-state index contributed by atoms with van der Waals surface area (Å²) in [7, 11) is 1.79. The van der Waals surface area contributed by atoms with Crippen LogP contribution in [0.25, 0.3) is 0 Å². The van der Waals surface area contributed by atoms with Crippen molar-refractivity contribution < 1.29 is 4.74 Å². The van der Waals surface area contributed by atoms with Crippen LogP contribution in [0.4, 0.5) is 0 Å². The molecule has 1 saturated heterocycles. The second-order valence-corrected chi connectivity index (χ2v) is 5.44. The van der Waals surface area contributed by atoms with E-state index in [1.165, 1.54) is 51.9 Å². The summed E-state index contributed by atoms with van der Waals surface area (Å²) >= 11 is 0. The van der Waals surface area contributed by atoms with Crippen molar-refractivity contribution in [2.45, 2.75) is 37.8 Å². The Hall–Kier alpha value is -0.160. The van der Waals surface area contributed by atoms with Crippen LogP contribution in [-0.2, 0) is 4.74 Å². The van der Waals surface area contributed by atoms with E-state index in [2.05, 4.69) is 9.80 Å². The second-order valence-electron chi connectivity index (χ2n) is 5.44. The molecule has 0 aromatic rings. The molecule has 0 aromatic heterocycles. The zero-order valence-electron chi connectivity index (χ0n) is 11.1. The minimum absolute atomic E-state index is 0.444. The normalized spacial score (nSPS) is 23.5. The van der Waals surface area contributed by atoms with Crippen molar-refractivity contribution in [1.82, 2.24) is 9.80 Å². The molecular formula is C13H27N3O. The molecule has 0 aromatic carbocycles. The van der Waals surface area contributed by atoms with Gasteiger partial charge in [0.25, 0.3) is 0 Å². The zero-order valence-corrected chi connectivity index (χ0v) is 11.1. The van der Waals surface area contributed by atoms with E-state index >= 15 is 0 Å². The Morgan fingerprint density at radius 1 is 1.18 bits per heavy atom. The first-order valence-electron chi connectivity index (χ1n) is 7.00. The molecular weight excluding hydrogens is 214 g/mol. The Balaban J connectivity index is 1.64. The minimum atomic E-state index is 0.444. The monoisotopic (exact) mass is 241 g/mol. The third kappa shape index (κ3) is 4.54. The van der Waals surface area contributed by atoms with Crippen molar-refractivity contribution in [2.24, 2.45) is 5.73 Å². The number of hydrogen-bond donors (Lipinski definition) is 1. The van der Waals surface area contributed by atoms with Crippen LogP contribution in [0.15, 0.2) is 0 Å². The predicted molar refractivity (Wildman–Crippen MR) is 70.1 cm³/mol. The molecule has 1 aliphatic carbocycles. The summed E-state index contributed by atoms with van der Waals surface area (Å²) in [5.41, 5.74) is 5.92. The molecule has 4 nitrogen and oxygen atoms in total. The summed E-state index contributed by atoms with van der Waals surface area (Å²) < 4.78 is 5.18. The van der Waals surface area contributed by atoms with Gasteiger partial charge in [-0.3, -0.25) is 4.90 Å². The topological polar surface area (TPSA) is 41.7 Å². The van der Waals surface area contributed by atoms with E-state index in [-0.39, 0.29) is 0 Å². The lowest BCUT2D eigenvalue weighted by atomic mass is 10.1. The molecule has 0 atom stereocenters. The molecule has 1 heterocycles. The molecule has 2 rings (SSSR count). The maximum atomic E-state index is 5.92. The van der Waals surface area contributed by atoms with Gasteiger partial charge in [-0.15, -0.1) is 0 Å². The van der Waals surface area contributed by atoms with Gasteiger partial charge in [-0.2, -0.15) is 0 Å². The predicted octanol–water partition coefficient (Wildman–Crippen LogP) is 0.520. The van der Waals surface area contributed by atoms with Gasteiger partial charge in [0, 0.05) is 38.8 Å². The van der Waals surface area contributed by atoms with Gasteiger partial charge in [-0.05, 0) is 38.8 Å². The Bertz CT molecular complexity index is 213. The van der Waals surface area contributed by atoms with Crippen LogP contribution in [0.5, 0.6) is 0 Å². The standard InChI is InChI=1S/C13H27N3O/c1-17-11-10-16(13-2-3-13)9-8-15-6-4-12(14)5-7-15/h12-13H,2-11,14H2,1H3. The highest BCUT2D eigenvalue weighted by Gasteiger charge is 2.28. The fraction of sp³-hybridized carbons (Fsp3) is 1.00. The summed E-state index contributed by atoms with van der Waals surface area (Å²) in [5, 5.41) is 0. The highest BCUT2D eigenvalue weighted by Crippen LogP contribution is 2.26. The maximum Gasteiger partial charge on any atom is 0.0589 e. The third-order valence-corrected chi connectivity index (χ3v) is 3.98. The fourth-order valence-electron chi connectivity index (χ4n) is 2.57. The molecule has 0 bridgehead atoms. The second kappa shape index (κ2) is 6.69. The molecule has 0 unspecified atom stereocenters. The van der Waals surface area contributed by atoms with E-state index in [1.807, 2.05) is 0 Å². The van der Waals surface area contributed by atoms with Gasteiger partial charge in [0.2, 0.25) is 0 Å². The van der Waals surface area contributed by atoms with E-state index in [4.69, 9.17) is 10.5 Å². The molecule has 17 heavy (non-hydrogen) atoms. The Morgan fingerprint density at radius 3 is 2.47 bits per heavy atom. The van der Waals surface area contributed by atoms with Crippen LogP contribution in [0.2, 0.25) is 0 Å². The van der Waals surface area contributed by atoms with Crippen LogP contribution in [0.3, 0.4) is 0 Å². The smallest absolute Gasteiger partial charge is 0.0589 e. The van der Waals surface area contributed by atoms with Gasteiger partial charge in [-0.25, -0.2) is 0 Å². The van der Waals surface area contributed by atoms with Crippen LogP contribution in [0.1, 0.15) is 25.7 Å². The minimum Gasteiger partial charge on any atom is -0.383 e. The first-order valence-corrected chi connectivity index (χ1v) is 7.00. The van der Waals surface area contributed by atoms with Crippen molar-refractivity contribution in [2.75, 3.05) is 46.4 Å². The van der Waals surface area contributed by atoms with Crippen molar-refractivity contribution in [3.8, 4) is 0 Å². The molecule has 0 amide bonds. The van der Waals surface area contributed by atoms with Crippen LogP contribution < -0.4 is 5.73 Å². The van der Waals surface area contributed by atoms with Crippen LogP contribution in [0, 0.1) is 0 Å². The number of piperidine rings is 1.